The minimum atomic E-state index is 0.00702. The van der Waals surface area contributed by atoms with Crippen LogP contribution in [-0.4, -0.2) is 50.3 Å². The second kappa shape index (κ2) is 9.21. The van der Waals surface area contributed by atoms with Crippen LogP contribution in [0.2, 0.25) is 0 Å². The highest BCUT2D eigenvalue weighted by Crippen LogP contribution is 2.29. The van der Waals surface area contributed by atoms with E-state index in [1.54, 1.807) is 0 Å². The number of aryl methyl sites for hydroxylation is 2. The first-order chi connectivity index (χ1) is 14.2. The summed E-state index contributed by atoms with van der Waals surface area (Å²) in [6.07, 6.45) is 4.75. The van der Waals surface area contributed by atoms with Gasteiger partial charge in [0.15, 0.2) is 0 Å². The van der Waals surface area contributed by atoms with Gasteiger partial charge in [0.25, 0.3) is 0 Å². The monoisotopic (exact) mass is 393 g/mol. The molecule has 1 N–H and O–H groups in total. The van der Waals surface area contributed by atoms with E-state index in [1.807, 2.05) is 4.90 Å². The summed E-state index contributed by atoms with van der Waals surface area (Å²) in [7, 11) is 0. The van der Waals surface area contributed by atoms with Crippen molar-refractivity contribution < 1.29 is 9.53 Å². The van der Waals surface area contributed by atoms with E-state index < -0.39 is 0 Å². The predicted molar refractivity (Wildman–Crippen MR) is 117 cm³/mol. The van der Waals surface area contributed by atoms with Gasteiger partial charge in [-0.1, -0.05) is 24.3 Å². The molecule has 1 heterocycles. The summed E-state index contributed by atoms with van der Waals surface area (Å²) in [6, 6.07) is 14.9. The number of urea groups is 1. The fraction of sp³-hybridized carbons (Fsp3) is 0.458. The lowest BCUT2D eigenvalue weighted by Gasteiger charge is -2.36. The van der Waals surface area contributed by atoms with Crippen molar-refractivity contribution in [3.05, 3.63) is 59.2 Å². The standard InChI is InChI=1S/C24H31N3O2/c1-19-6-4-9-21(18-19)26-13-15-27(16-14-26)24(28)25-12-17-29-23-11-5-8-20-7-2-3-10-22(20)23/h4-6,8-9,11,18H,2-3,7,10,12-17H2,1H3,(H,25,28). The van der Waals surface area contributed by atoms with Gasteiger partial charge in [0.2, 0.25) is 0 Å². The Hall–Kier alpha value is -2.69. The van der Waals surface area contributed by atoms with Gasteiger partial charge in [-0.2, -0.15) is 0 Å². The fourth-order valence-corrected chi connectivity index (χ4v) is 4.30. The summed E-state index contributed by atoms with van der Waals surface area (Å²) < 4.78 is 5.99. The molecule has 154 valence electrons. The van der Waals surface area contributed by atoms with Crippen LogP contribution < -0.4 is 15.0 Å². The van der Waals surface area contributed by atoms with E-state index >= 15 is 0 Å². The van der Waals surface area contributed by atoms with Gasteiger partial charge in [-0.3, -0.25) is 0 Å². The number of nitrogens with zero attached hydrogens (tertiary/aromatic N) is 2. The van der Waals surface area contributed by atoms with Crippen molar-refractivity contribution in [3.8, 4) is 5.75 Å². The second-order valence-electron chi connectivity index (χ2n) is 7.99. The van der Waals surface area contributed by atoms with Crippen LogP contribution in [-0.2, 0) is 12.8 Å². The maximum atomic E-state index is 12.5. The number of ether oxygens (including phenoxy) is 1. The smallest absolute Gasteiger partial charge is 0.317 e. The lowest BCUT2D eigenvalue weighted by atomic mass is 9.91. The normalized spacial score (nSPS) is 16.3. The van der Waals surface area contributed by atoms with Crippen molar-refractivity contribution >= 4 is 11.7 Å². The second-order valence-corrected chi connectivity index (χ2v) is 7.99. The molecular weight excluding hydrogens is 362 g/mol. The fourth-order valence-electron chi connectivity index (χ4n) is 4.30. The van der Waals surface area contributed by atoms with Crippen molar-refractivity contribution in [3.63, 3.8) is 0 Å². The van der Waals surface area contributed by atoms with Crippen molar-refractivity contribution in [2.75, 3.05) is 44.2 Å². The molecule has 1 saturated heterocycles. The molecule has 0 atom stereocenters. The Kier molecular flexibility index (Phi) is 6.23. The first kappa shape index (κ1) is 19.6. The van der Waals surface area contributed by atoms with E-state index in [2.05, 4.69) is 59.6 Å². The summed E-state index contributed by atoms with van der Waals surface area (Å²) in [5, 5.41) is 3.01. The minimum Gasteiger partial charge on any atom is -0.491 e. The van der Waals surface area contributed by atoms with E-state index in [9.17, 15) is 4.79 Å². The molecule has 2 aromatic rings. The third kappa shape index (κ3) is 4.84. The zero-order valence-corrected chi connectivity index (χ0v) is 17.3. The molecule has 0 unspecified atom stereocenters. The van der Waals surface area contributed by atoms with Crippen molar-refractivity contribution in [1.29, 1.82) is 0 Å². The number of hydrogen-bond acceptors (Lipinski definition) is 3. The molecule has 1 aliphatic heterocycles. The number of fused-ring (bicyclic) bond motifs is 1. The van der Waals surface area contributed by atoms with Gasteiger partial charge in [-0.15, -0.1) is 0 Å². The number of carbonyl (C=O) groups excluding carboxylic acids is 1. The predicted octanol–water partition coefficient (Wildman–Crippen LogP) is 3.78. The number of benzene rings is 2. The Morgan fingerprint density at radius 3 is 2.66 bits per heavy atom. The number of piperazine rings is 1. The van der Waals surface area contributed by atoms with E-state index in [1.165, 1.54) is 35.2 Å². The molecular formula is C24H31N3O2. The Morgan fingerprint density at radius 2 is 1.83 bits per heavy atom. The average Bonchev–Trinajstić information content (AvgIpc) is 2.77. The van der Waals surface area contributed by atoms with Crippen LogP contribution >= 0.6 is 0 Å². The van der Waals surface area contributed by atoms with E-state index in [4.69, 9.17) is 4.74 Å². The highest BCUT2D eigenvalue weighted by Gasteiger charge is 2.21. The summed E-state index contributed by atoms with van der Waals surface area (Å²) in [5.41, 5.74) is 5.29. The Morgan fingerprint density at radius 1 is 1.03 bits per heavy atom. The van der Waals surface area contributed by atoms with Gasteiger partial charge < -0.3 is 19.9 Å². The van der Waals surface area contributed by atoms with Crippen LogP contribution in [0, 0.1) is 6.92 Å². The van der Waals surface area contributed by atoms with Crippen LogP contribution in [0.4, 0.5) is 10.5 Å². The molecule has 2 aliphatic rings. The molecule has 0 saturated carbocycles. The highest BCUT2D eigenvalue weighted by molar-refractivity contribution is 5.74. The molecule has 29 heavy (non-hydrogen) atoms. The third-order valence-corrected chi connectivity index (χ3v) is 5.92. The Bertz CT molecular complexity index is 844. The van der Waals surface area contributed by atoms with E-state index in [-0.39, 0.29) is 6.03 Å². The maximum absolute atomic E-state index is 12.5. The largest absolute Gasteiger partial charge is 0.491 e. The van der Waals surface area contributed by atoms with E-state index in [0.717, 1.165) is 44.8 Å². The molecule has 5 heteroatoms. The molecule has 0 bridgehead atoms. The van der Waals surface area contributed by atoms with Crippen LogP contribution in [0.25, 0.3) is 0 Å². The topological polar surface area (TPSA) is 44.8 Å². The molecule has 0 radical (unpaired) electrons. The SMILES string of the molecule is Cc1cccc(N2CCN(C(=O)NCCOc3cccc4c3CCCC4)CC2)c1. The van der Waals surface area contributed by atoms with Crippen LogP contribution in [0.1, 0.15) is 29.5 Å². The lowest BCUT2D eigenvalue weighted by molar-refractivity contribution is 0.191. The number of amides is 2. The van der Waals surface area contributed by atoms with Gasteiger partial charge in [-0.25, -0.2) is 4.79 Å². The zero-order valence-electron chi connectivity index (χ0n) is 17.3. The van der Waals surface area contributed by atoms with E-state index in [0.29, 0.717) is 13.2 Å². The third-order valence-electron chi connectivity index (χ3n) is 5.92. The molecule has 0 aromatic heterocycles. The molecule has 1 fully saturated rings. The zero-order chi connectivity index (χ0) is 20.1. The summed E-state index contributed by atoms with van der Waals surface area (Å²) >= 11 is 0. The summed E-state index contributed by atoms with van der Waals surface area (Å²) in [6.45, 7) is 6.36. The first-order valence-corrected chi connectivity index (χ1v) is 10.8. The minimum absolute atomic E-state index is 0.00702. The molecule has 2 amide bonds. The van der Waals surface area contributed by atoms with Crippen molar-refractivity contribution in [2.45, 2.75) is 32.6 Å². The van der Waals surface area contributed by atoms with Gasteiger partial charge in [0, 0.05) is 31.9 Å². The van der Waals surface area contributed by atoms with Gasteiger partial charge >= 0.3 is 6.03 Å². The molecule has 4 rings (SSSR count). The van der Waals surface area contributed by atoms with Crippen LogP contribution in [0.3, 0.4) is 0 Å². The van der Waals surface area contributed by atoms with Gasteiger partial charge in [0.1, 0.15) is 12.4 Å². The number of hydrogen-bond donors (Lipinski definition) is 1. The van der Waals surface area contributed by atoms with Crippen molar-refractivity contribution in [2.24, 2.45) is 0 Å². The first-order valence-electron chi connectivity index (χ1n) is 10.8. The molecule has 2 aromatic carbocycles. The number of rotatable bonds is 5. The lowest BCUT2D eigenvalue weighted by Crippen LogP contribution is -2.52. The quantitative estimate of drug-likeness (QED) is 0.786. The number of anilines is 1. The van der Waals surface area contributed by atoms with Gasteiger partial charge in [-0.05, 0) is 67.5 Å². The Balaban J connectivity index is 1.20. The molecule has 5 nitrogen and oxygen atoms in total. The van der Waals surface area contributed by atoms with Crippen LogP contribution in [0.15, 0.2) is 42.5 Å². The number of nitrogens with one attached hydrogen (secondary N) is 1. The molecule has 1 aliphatic carbocycles. The highest BCUT2D eigenvalue weighted by atomic mass is 16.5. The summed E-state index contributed by atoms with van der Waals surface area (Å²) in [4.78, 5) is 16.7. The average molecular weight is 394 g/mol. The summed E-state index contributed by atoms with van der Waals surface area (Å²) in [5.74, 6) is 0.989. The van der Waals surface area contributed by atoms with Crippen molar-refractivity contribution in [1.82, 2.24) is 10.2 Å². The van der Waals surface area contributed by atoms with Gasteiger partial charge in [0.05, 0.1) is 6.54 Å². The maximum Gasteiger partial charge on any atom is 0.317 e. The Labute approximate surface area is 173 Å². The molecule has 0 spiro atoms. The van der Waals surface area contributed by atoms with Crippen LogP contribution in [0.5, 0.6) is 5.75 Å². The number of carbonyl (C=O) groups is 1.